The van der Waals surface area contributed by atoms with Crippen LogP contribution >= 0.6 is 0 Å². The van der Waals surface area contributed by atoms with E-state index in [1.54, 1.807) is 18.3 Å². The Morgan fingerprint density at radius 1 is 1.59 bits per heavy atom. The van der Waals surface area contributed by atoms with Crippen LogP contribution in [0.15, 0.2) is 23.4 Å². The Morgan fingerprint density at radius 2 is 2.29 bits per heavy atom. The molecule has 92 valence electrons. The van der Waals surface area contributed by atoms with Gasteiger partial charge >= 0.3 is 0 Å². The first kappa shape index (κ1) is 13.7. The maximum Gasteiger partial charge on any atom is 0.150 e. The van der Waals surface area contributed by atoms with E-state index in [4.69, 9.17) is 11.0 Å². The van der Waals surface area contributed by atoms with Crippen LogP contribution in [0.4, 0.5) is 5.69 Å². The van der Waals surface area contributed by atoms with Crippen molar-refractivity contribution in [1.29, 1.82) is 5.26 Å². The van der Waals surface area contributed by atoms with Crippen LogP contribution in [0, 0.1) is 16.7 Å². The van der Waals surface area contributed by atoms with E-state index in [9.17, 15) is 4.21 Å². The predicted octanol–water partition coefficient (Wildman–Crippen LogP) is 2.10. The Balaban J connectivity index is 2.53. The van der Waals surface area contributed by atoms with Crippen molar-refractivity contribution >= 4 is 16.5 Å². The van der Waals surface area contributed by atoms with Crippen molar-refractivity contribution in [2.45, 2.75) is 31.7 Å². The molecule has 0 aromatic carbocycles. The lowest BCUT2D eigenvalue weighted by Gasteiger charge is -2.14. The Labute approximate surface area is 104 Å². The molecule has 17 heavy (non-hydrogen) atoms. The smallest absolute Gasteiger partial charge is 0.150 e. The van der Waals surface area contributed by atoms with Crippen molar-refractivity contribution in [3.05, 3.63) is 18.3 Å². The Kier molecular flexibility index (Phi) is 4.64. The first-order chi connectivity index (χ1) is 7.96. The van der Waals surface area contributed by atoms with Gasteiger partial charge in [0.05, 0.1) is 28.0 Å². The van der Waals surface area contributed by atoms with Crippen LogP contribution in [0.1, 0.15) is 26.7 Å². The highest BCUT2D eigenvalue weighted by Crippen LogP contribution is 2.22. The lowest BCUT2D eigenvalue weighted by molar-refractivity contribution is 0.447. The van der Waals surface area contributed by atoms with Crippen LogP contribution in [0.2, 0.25) is 0 Å². The van der Waals surface area contributed by atoms with Crippen molar-refractivity contribution in [3.63, 3.8) is 0 Å². The van der Waals surface area contributed by atoms with Crippen molar-refractivity contribution in [1.82, 2.24) is 4.98 Å². The van der Waals surface area contributed by atoms with E-state index in [0.717, 1.165) is 12.8 Å². The van der Waals surface area contributed by atoms with E-state index in [0.29, 0.717) is 16.5 Å². The molecule has 0 aliphatic heterocycles. The second kappa shape index (κ2) is 5.78. The topological polar surface area (TPSA) is 79.8 Å². The van der Waals surface area contributed by atoms with E-state index in [-0.39, 0.29) is 5.41 Å². The fraction of sp³-hybridized carbons (Fsp3) is 0.500. The number of nitrogens with zero attached hydrogens (tertiary/aromatic N) is 2. The molecule has 0 saturated carbocycles. The fourth-order valence-electron chi connectivity index (χ4n) is 1.39. The molecule has 1 unspecified atom stereocenters. The molecule has 0 spiro atoms. The minimum Gasteiger partial charge on any atom is -0.396 e. The summed E-state index contributed by atoms with van der Waals surface area (Å²) in [5.74, 6) is 0.492. The first-order valence-electron chi connectivity index (χ1n) is 5.46. The molecule has 0 aliphatic carbocycles. The first-order valence-corrected chi connectivity index (χ1v) is 6.78. The normalized spacial score (nSPS) is 13.0. The van der Waals surface area contributed by atoms with Gasteiger partial charge in [0.15, 0.2) is 0 Å². The van der Waals surface area contributed by atoms with Gasteiger partial charge in [0.1, 0.15) is 5.03 Å². The highest BCUT2D eigenvalue weighted by atomic mass is 32.2. The predicted molar refractivity (Wildman–Crippen MR) is 68.6 cm³/mol. The van der Waals surface area contributed by atoms with Crippen LogP contribution in [-0.2, 0) is 10.8 Å². The van der Waals surface area contributed by atoms with Gasteiger partial charge in [-0.15, -0.1) is 0 Å². The third-order valence-electron chi connectivity index (χ3n) is 2.45. The molecule has 0 amide bonds. The van der Waals surface area contributed by atoms with E-state index in [1.807, 2.05) is 13.8 Å². The second-order valence-electron chi connectivity index (χ2n) is 4.55. The van der Waals surface area contributed by atoms with Gasteiger partial charge in [-0.05, 0) is 38.8 Å². The summed E-state index contributed by atoms with van der Waals surface area (Å²) in [6.07, 6.45) is 3.04. The molecule has 0 fully saturated rings. The van der Waals surface area contributed by atoms with E-state index in [2.05, 4.69) is 11.1 Å². The summed E-state index contributed by atoms with van der Waals surface area (Å²) in [6.45, 7) is 3.76. The largest absolute Gasteiger partial charge is 0.396 e. The van der Waals surface area contributed by atoms with Gasteiger partial charge in [0.25, 0.3) is 0 Å². The number of nitrogen functional groups attached to an aromatic ring is 1. The van der Waals surface area contributed by atoms with Crippen molar-refractivity contribution in [3.8, 4) is 6.07 Å². The van der Waals surface area contributed by atoms with Crippen molar-refractivity contribution in [2.75, 3.05) is 11.5 Å². The molecule has 0 bridgehead atoms. The Bertz CT molecular complexity index is 451. The standard InChI is InChI=1S/C12H17N3OS/c1-12(2,9-13)6-4-8-17(16)11-10(14)5-3-7-15-11/h3,5,7H,4,6,8,14H2,1-2H3. The number of pyridine rings is 1. The molecule has 0 saturated heterocycles. The molecule has 0 aliphatic rings. The third-order valence-corrected chi connectivity index (χ3v) is 3.88. The Morgan fingerprint density at radius 3 is 2.88 bits per heavy atom. The number of rotatable bonds is 5. The van der Waals surface area contributed by atoms with Gasteiger partial charge in [0.2, 0.25) is 0 Å². The maximum absolute atomic E-state index is 11.9. The van der Waals surface area contributed by atoms with Crippen molar-refractivity contribution in [2.24, 2.45) is 5.41 Å². The van der Waals surface area contributed by atoms with Gasteiger partial charge in [-0.1, -0.05) is 0 Å². The molecular weight excluding hydrogens is 234 g/mol. The fourth-order valence-corrected chi connectivity index (χ4v) is 2.50. The summed E-state index contributed by atoms with van der Waals surface area (Å²) in [7, 11) is -1.18. The average molecular weight is 251 g/mol. The minimum atomic E-state index is -1.18. The number of hydrogen-bond donors (Lipinski definition) is 1. The van der Waals surface area contributed by atoms with Gasteiger partial charge < -0.3 is 5.73 Å². The van der Waals surface area contributed by atoms with Gasteiger partial charge in [-0.2, -0.15) is 5.26 Å². The molecule has 1 rings (SSSR count). The van der Waals surface area contributed by atoms with Crippen LogP contribution in [-0.4, -0.2) is 14.9 Å². The summed E-state index contributed by atoms with van der Waals surface area (Å²) in [4.78, 5) is 4.02. The monoisotopic (exact) mass is 251 g/mol. The molecule has 5 heteroatoms. The second-order valence-corrected chi connectivity index (χ2v) is 6.03. The van der Waals surface area contributed by atoms with Crippen LogP contribution < -0.4 is 5.73 Å². The quantitative estimate of drug-likeness (QED) is 0.869. The lowest BCUT2D eigenvalue weighted by atomic mass is 9.90. The number of hydrogen-bond acceptors (Lipinski definition) is 4. The van der Waals surface area contributed by atoms with Crippen LogP contribution in [0.5, 0.6) is 0 Å². The highest BCUT2D eigenvalue weighted by Gasteiger charge is 2.17. The zero-order valence-corrected chi connectivity index (χ0v) is 11.0. The number of nitrogens with two attached hydrogens (primary N) is 1. The molecule has 4 nitrogen and oxygen atoms in total. The van der Waals surface area contributed by atoms with Crippen molar-refractivity contribution < 1.29 is 4.21 Å². The molecule has 0 radical (unpaired) electrons. The third kappa shape index (κ3) is 4.16. The molecular formula is C12H17N3OS. The summed E-state index contributed by atoms with van der Waals surface area (Å²) in [6, 6.07) is 5.64. The zero-order chi connectivity index (χ0) is 12.9. The van der Waals surface area contributed by atoms with Gasteiger partial charge in [-0.3, -0.25) is 4.21 Å². The van der Waals surface area contributed by atoms with Crippen LogP contribution in [0.3, 0.4) is 0 Å². The maximum atomic E-state index is 11.9. The summed E-state index contributed by atoms with van der Waals surface area (Å²) in [5, 5.41) is 9.31. The average Bonchev–Trinajstić information content (AvgIpc) is 2.29. The van der Waals surface area contributed by atoms with E-state index in [1.165, 1.54) is 0 Å². The number of aromatic nitrogens is 1. The molecule has 1 atom stereocenters. The van der Waals surface area contributed by atoms with Crippen LogP contribution in [0.25, 0.3) is 0 Å². The minimum absolute atomic E-state index is 0.361. The number of anilines is 1. The van der Waals surface area contributed by atoms with Gasteiger partial charge in [-0.25, -0.2) is 4.98 Å². The molecule has 2 N–H and O–H groups in total. The lowest BCUT2D eigenvalue weighted by Crippen LogP contribution is -2.11. The molecule has 1 aromatic heterocycles. The zero-order valence-electron chi connectivity index (χ0n) is 10.1. The molecule has 1 heterocycles. The highest BCUT2D eigenvalue weighted by molar-refractivity contribution is 7.85. The van der Waals surface area contributed by atoms with E-state index < -0.39 is 10.8 Å². The summed E-state index contributed by atoms with van der Waals surface area (Å²) >= 11 is 0. The SMILES string of the molecule is CC(C)(C#N)CCCS(=O)c1ncccc1N. The Hall–Kier alpha value is -1.41. The summed E-state index contributed by atoms with van der Waals surface area (Å²) in [5.41, 5.74) is 5.80. The van der Waals surface area contributed by atoms with Gasteiger partial charge in [0, 0.05) is 11.9 Å². The van der Waals surface area contributed by atoms with E-state index >= 15 is 0 Å². The number of nitriles is 1. The molecule has 1 aromatic rings. The summed E-state index contributed by atoms with van der Waals surface area (Å²) < 4.78 is 11.9.